The molecule has 1 aliphatic carbocycles. The Morgan fingerprint density at radius 3 is 2.44 bits per heavy atom. The average molecular weight is 439 g/mol. The first-order chi connectivity index (χ1) is 15.5. The van der Waals surface area contributed by atoms with Gasteiger partial charge in [0.25, 0.3) is 0 Å². The largest absolute Gasteiger partial charge is 0.497 e. The van der Waals surface area contributed by atoms with Crippen LogP contribution in [-0.4, -0.2) is 30.8 Å². The van der Waals surface area contributed by atoms with Gasteiger partial charge in [-0.3, -0.25) is 4.79 Å². The first kappa shape index (κ1) is 24.3. The minimum Gasteiger partial charge on any atom is -0.497 e. The van der Waals surface area contributed by atoms with E-state index in [-0.39, 0.29) is 24.4 Å². The van der Waals surface area contributed by atoms with Crippen LogP contribution in [0.3, 0.4) is 0 Å². The topological polar surface area (TPSA) is 70.6 Å². The number of carboxylic acids is 1. The molecule has 0 aromatic heterocycles. The normalized spacial score (nSPS) is 21.5. The van der Waals surface area contributed by atoms with Crippen molar-refractivity contribution in [2.75, 3.05) is 13.7 Å². The van der Waals surface area contributed by atoms with Gasteiger partial charge in [-0.1, -0.05) is 62.2 Å². The highest BCUT2D eigenvalue weighted by Crippen LogP contribution is 2.32. The van der Waals surface area contributed by atoms with Crippen molar-refractivity contribution < 1.29 is 14.6 Å². The molecule has 1 aliphatic rings. The van der Waals surface area contributed by atoms with Gasteiger partial charge in [0, 0.05) is 31.1 Å². The van der Waals surface area contributed by atoms with E-state index in [1.807, 2.05) is 18.2 Å². The van der Waals surface area contributed by atoms with Crippen molar-refractivity contribution in [3.05, 3.63) is 65.7 Å². The predicted molar refractivity (Wildman–Crippen MR) is 129 cm³/mol. The van der Waals surface area contributed by atoms with E-state index in [4.69, 9.17) is 9.84 Å². The molecule has 0 heterocycles. The number of carbonyl (C=O) groups is 1. The Bertz CT molecular complexity index is 825. The summed E-state index contributed by atoms with van der Waals surface area (Å²) in [4.78, 5) is 11.1. The fourth-order valence-corrected chi connectivity index (χ4v) is 4.91. The van der Waals surface area contributed by atoms with Crippen molar-refractivity contribution in [1.82, 2.24) is 10.6 Å². The zero-order chi connectivity index (χ0) is 22.9. The van der Waals surface area contributed by atoms with Gasteiger partial charge in [0.15, 0.2) is 0 Å². The molecule has 3 rings (SSSR count). The van der Waals surface area contributed by atoms with E-state index in [1.54, 1.807) is 7.11 Å². The quantitative estimate of drug-likeness (QED) is 0.441. The van der Waals surface area contributed by atoms with Crippen molar-refractivity contribution in [2.45, 2.75) is 64.1 Å². The fraction of sp³-hybridized carbons (Fsp3) is 0.519. The Hall–Kier alpha value is -2.37. The molecule has 1 fully saturated rings. The molecular weight excluding hydrogens is 400 g/mol. The van der Waals surface area contributed by atoms with Crippen LogP contribution in [0.5, 0.6) is 5.75 Å². The van der Waals surface area contributed by atoms with Gasteiger partial charge in [0.1, 0.15) is 5.75 Å². The second-order valence-electron chi connectivity index (χ2n) is 9.23. The van der Waals surface area contributed by atoms with Gasteiger partial charge in [-0.05, 0) is 54.9 Å². The van der Waals surface area contributed by atoms with Crippen LogP contribution in [0.25, 0.3) is 0 Å². The second kappa shape index (κ2) is 12.0. The standard InChI is InChI=1S/C27H38N2O3/c1-19(16-27(30)31)23-10-7-11-24(17-23)28-18-26(22-12-14-25(32-3)15-13-22)29-20(2)21-8-5-4-6-9-21/h4-6,8-9,12-15,19-20,23-24,26,28-29H,7,10-11,16-18H2,1-3H3,(H,30,31)/t19?,20?,23-,24-,26?/m1/s1. The zero-order valence-corrected chi connectivity index (χ0v) is 19.6. The minimum absolute atomic E-state index is 0.160. The number of carboxylic acid groups (broad SMARTS) is 1. The molecule has 2 aromatic carbocycles. The number of methoxy groups -OCH3 is 1. The summed E-state index contributed by atoms with van der Waals surface area (Å²) < 4.78 is 5.34. The summed E-state index contributed by atoms with van der Waals surface area (Å²) >= 11 is 0. The molecule has 174 valence electrons. The van der Waals surface area contributed by atoms with E-state index in [1.165, 1.54) is 11.1 Å². The van der Waals surface area contributed by atoms with Crippen molar-refractivity contribution in [3.63, 3.8) is 0 Å². The van der Waals surface area contributed by atoms with Crippen LogP contribution in [0.2, 0.25) is 0 Å². The molecule has 3 N–H and O–H groups in total. The highest BCUT2D eigenvalue weighted by Gasteiger charge is 2.28. The first-order valence-corrected chi connectivity index (χ1v) is 11.9. The molecule has 0 amide bonds. The Morgan fingerprint density at radius 1 is 1.06 bits per heavy atom. The van der Waals surface area contributed by atoms with Crippen LogP contribution in [-0.2, 0) is 4.79 Å². The average Bonchev–Trinajstić information content (AvgIpc) is 2.82. The van der Waals surface area contributed by atoms with E-state index in [9.17, 15) is 4.79 Å². The van der Waals surface area contributed by atoms with Crippen LogP contribution < -0.4 is 15.4 Å². The molecule has 5 atom stereocenters. The molecule has 0 bridgehead atoms. The predicted octanol–water partition coefficient (Wildman–Crippen LogP) is 5.35. The lowest BCUT2D eigenvalue weighted by atomic mass is 9.77. The number of nitrogens with one attached hydrogen (secondary N) is 2. The van der Waals surface area contributed by atoms with Crippen LogP contribution in [0, 0.1) is 11.8 Å². The molecule has 0 radical (unpaired) electrons. The highest BCUT2D eigenvalue weighted by molar-refractivity contribution is 5.67. The maximum absolute atomic E-state index is 11.1. The minimum atomic E-state index is -0.689. The summed E-state index contributed by atoms with van der Waals surface area (Å²) in [5.41, 5.74) is 2.50. The van der Waals surface area contributed by atoms with E-state index < -0.39 is 5.97 Å². The maximum Gasteiger partial charge on any atom is 0.303 e. The maximum atomic E-state index is 11.1. The zero-order valence-electron chi connectivity index (χ0n) is 19.6. The first-order valence-electron chi connectivity index (χ1n) is 11.9. The number of hydrogen-bond acceptors (Lipinski definition) is 4. The Balaban J connectivity index is 1.65. The third-order valence-electron chi connectivity index (χ3n) is 6.90. The van der Waals surface area contributed by atoms with Crippen molar-refractivity contribution in [3.8, 4) is 5.75 Å². The van der Waals surface area contributed by atoms with Gasteiger partial charge in [-0.15, -0.1) is 0 Å². The molecule has 2 aromatic rings. The fourth-order valence-electron chi connectivity index (χ4n) is 4.91. The Morgan fingerprint density at radius 2 is 1.78 bits per heavy atom. The van der Waals surface area contributed by atoms with E-state index in [0.29, 0.717) is 12.0 Å². The van der Waals surface area contributed by atoms with Gasteiger partial charge < -0.3 is 20.5 Å². The molecule has 32 heavy (non-hydrogen) atoms. The van der Waals surface area contributed by atoms with Crippen molar-refractivity contribution >= 4 is 5.97 Å². The Labute approximate surface area is 192 Å². The Kier molecular flexibility index (Phi) is 9.12. The van der Waals surface area contributed by atoms with Gasteiger partial charge >= 0.3 is 5.97 Å². The summed E-state index contributed by atoms with van der Waals surface area (Å²) in [6.07, 6.45) is 4.77. The second-order valence-corrected chi connectivity index (χ2v) is 9.23. The summed E-state index contributed by atoms with van der Waals surface area (Å²) in [5, 5.41) is 16.8. The molecule has 1 saturated carbocycles. The lowest BCUT2D eigenvalue weighted by Crippen LogP contribution is -2.41. The van der Waals surface area contributed by atoms with Crippen LogP contribution >= 0.6 is 0 Å². The van der Waals surface area contributed by atoms with Gasteiger partial charge in [0.2, 0.25) is 0 Å². The summed E-state index contributed by atoms with van der Waals surface area (Å²) in [5.74, 6) is 0.879. The monoisotopic (exact) mass is 438 g/mol. The summed E-state index contributed by atoms with van der Waals surface area (Å²) in [7, 11) is 1.69. The molecule has 3 unspecified atom stereocenters. The third-order valence-corrected chi connectivity index (χ3v) is 6.90. The number of ether oxygens (including phenoxy) is 1. The number of rotatable bonds is 11. The van der Waals surface area contributed by atoms with E-state index in [2.05, 4.69) is 60.9 Å². The van der Waals surface area contributed by atoms with Gasteiger partial charge in [-0.25, -0.2) is 0 Å². The molecule has 0 aliphatic heterocycles. The summed E-state index contributed by atoms with van der Waals surface area (Å²) in [6, 6.07) is 19.6. The summed E-state index contributed by atoms with van der Waals surface area (Å²) in [6.45, 7) is 5.12. The molecular formula is C27H38N2O3. The van der Waals surface area contributed by atoms with Gasteiger partial charge in [-0.2, -0.15) is 0 Å². The van der Waals surface area contributed by atoms with Gasteiger partial charge in [0.05, 0.1) is 7.11 Å². The van der Waals surface area contributed by atoms with Crippen LogP contribution in [0.4, 0.5) is 0 Å². The van der Waals surface area contributed by atoms with Crippen molar-refractivity contribution in [2.24, 2.45) is 11.8 Å². The highest BCUT2D eigenvalue weighted by atomic mass is 16.5. The SMILES string of the molecule is COc1ccc(C(CN[C@@H]2CCC[C@@H](C(C)CC(=O)O)C2)NC(C)c2ccccc2)cc1. The van der Waals surface area contributed by atoms with Crippen LogP contribution in [0.1, 0.15) is 69.2 Å². The third kappa shape index (κ3) is 7.07. The number of aliphatic carboxylic acids is 1. The van der Waals surface area contributed by atoms with E-state index >= 15 is 0 Å². The molecule has 5 nitrogen and oxygen atoms in total. The van der Waals surface area contributed by atoms with E-state index in [0.717, 1.165) is 38.0 Å². The number of hydrogen-bond donors (Lipinski definition) is 3. The lowest BCUT2D eigenvalue weighted by Gasteiger charge is -2.34. The lowest BCUT2D eigenvalue weighted by molar-refractivity contribution is -0.138. The molecule has 0 saturated heterocycles. The van der Waals surface area contributed by atoms with Crippen molar-refractivity contribution in [1.29, 1.82) is 0 Å². The molecule has 5 heteroatoms. The molecule has 0 spiro atoms. The number of benzene rings is 2. The van der Waals surface area contributed by atoms with Crippen LogP contribution in [0.15, 0.2) is 54.6 Å². The smallest absolute Gasteiger partial charge is 0.303 e.